The van der Waals surface area contributed by atoms with Gasteiger partial charge in [0.1, 0.15) is 23.5 Å². The van der Waals surface area contributed by atoms with Crippen LogP contribution >= 0.6 is 0 Å². The SMILES string of the molecule is Cc1cccc(N=Nc2cccc(C)c2C#N)c1C#N. The predicted molar refractivity (Wildman–Crippen MR) is 76.0 cm³/mol. The first-order valence-electron chi connectivity index (χ1n) is 6.08. The lowest BCUT2D eigenvalue weighted by Crippen LogP contribution is -1.83. The lowest BCUT2D eigenvalue weighted by atomic mass is 10.1. The number of hydrogen-bond acceptors (Lipinski definition) is 4. The summed E-state index contributed by atoms with van der Waals surface area (Å²) in [6.45, 7) is 3.70. The van der Waals surface area contributed by atoms with E-state index < -0.39 is 0 Å². The molecule has 0 heterocycles. The first-order chi connectivity index (χ1) is 9.67. The van der Waals surface area contributed by atoms with Crippen molar-refractivity contribution in [2.45, 2.75) is 13.8 Å². The predicted octanol–water partition coefficient (Wildman–Crippen LogP) is 4.46. The highest BCUT2D eigenvalue weighted by Gasteiger charge is 2.06. The molecule has 4 nitrogen and oxygen atoms in total. The van der Waals surface area contributed by atoms with Crippen LogP contribution in [0.3, 0.4) is 0 Å². The molecule has 0 atom stereocenters. The molecular weight excluding hydrogens is 248 g/mol. The van der Waals surface area contributed by atoms with Gasteiger partial charge < -0.3 is 0 Å². The molecule has 0 aromatic heterocycles. The minimum absolute atomic E-state index is 0.502. The molecule has 0 radical (unpaired) electrons. The number of benzene rings is 2. The molecular formula is C16H12N4. The average molecular weight is 260 g/mol. The fourth-order valence-corrected chi connectivity index (χ4v) is 1.87. The van der Waals surface area contributed by atoms with Crippen LogP contribution in [0.25, 0.3) is 0 Å². The minimum atomic E-state index is 0.502. The largest absolute Gasteiger partial charge is 0.192 e. The summed E-state index contributed by atoms with van der Waals surface area (Å²) >= 11 is 0. The van der Waals surface area contributed by atoms with Crippen molar-refractivity contribution in [2.75, 3.05) is 0 Å². The zero-order valence-electron chi connectivity index (χ0n) is 11.3. The van der Waals surface area contributed by atoms with Crippen molar-refractivity contribution in [3.63, 3.8) is 0 Å². The zero-order valence-corrected chi connectivity index (χ0v) is 11.3. The van der Waals surface area contributed by atoms with Gasteiger partial charge in [-0.3, -0.25) is 0 Å². The summed E-state index contributed by atoms with van der Waals surface area (Å²) in [5.74, 6) is 0. The molecule has 2 rings (SSSR count). The van der Waals surface area contributed by atoms with Crippen LogP contribution in [-0.4, -0.2) is 0 Å². The summed E-state index contributed by atoms with van der Waals surface area (Å²) in [5, 5.41) is 26.5. The number of azo groups is 1. The van der Waals surface area contributed by atoms with Gasteiger partial charge in [-0.25, -0.2) is 0 Å². The molecule has 20 heavy (non-hydrogen) atoms. The van der Waals surface area contributed by atoms with E-state index in [1.54, 1.807) is 12.1 Å². The monoisotopic (exact) mass is 260 g/mol. The Morgan fingerprint density at radius 2 is 1.15 bits per heavy atom. The van der Waals surface area contributed by atoms with E-state index in [0.29, 0.717) is 22.5 Å². The fourth-order valence-electron chi connectivity index (χ4n) is 1.87. The Kier molecular flexibility index (Phi) is 3.88. The van der Waals surface area contributed by atoms with Crippen LogP contribution in [0.2, 0.25) is 0 Å². The molecule has 0 unspecified atom stereocenters. The molecule has 0 amide bonds. The maximum atomic E-state index is 9.14. The van der Waals surface area contributed by atoms with Crippen molar-refractivity contribution in [1.82, 2.24) is 0 Å². The molecule has 96 valence electrons. The van der Waals surface area contributed by atoms with E-state index in [1.807, 2.05) is 38.1 Å². The van der Waals surface area contributed by atoms with Gasteiger partial charge in [0.15, 0.2) is 0 Å². The van der Waals surface area contributed by atoms with E-state index in [4.69, 9.17) is 10.5 Å². The van der Waals surface area contributed by atoms with Crippen molar-refractivity contribution in [3.8, 4) is 12.1 Å². The smallest absolute Gasteiger partial charge is 0.104 e. The highest BCUT2D eigenvalue weighted by molar-refractivity contribution is 5.59. The molecule has 0 bridgehead atoms. The lowest BCUT2D eigenvalue weighted by molar-refractivity contribution is 1.20. The third-order valence-electron chi connectivity index (χ3n) is 2.99. The van der Waals surface area contributed by atoms with Crippen molar-refractivity contribution in [3.05, 3.63) is 58.7 Å². The highest BCUT2D eigenvalue weighted by Crippen LogP contribution is 2.27. The van der Waals surface area contributed by atoms with E-state index in [-0.39, 0.29) is 0 Å². The van der Waals surface area contributed by atoms with Gasteiger partial charge in [-0.05, 0) is 37.1 Å². The Morgan fingerprint density at radius 1 is 0.750 bits per heavy atom. The van der Waals surface area contributed by atoms with Crippen LogP contribution in [0.15, 0.2) is 46.6 Å². The molecule has 0 N–H and O–H groups in total. The van der Waals surface area contributed by atoms with E-state index in [1.165, 1.54) is 0 Å². The normalized spacial score (nSPS) is 10.2. The second-order valence-corrected chi connectivity index (χ2v) is 4.36. The molecule has 2 aromatic carbocycles. The number of nitriles is 2. The quantitative estimate of drug-likeness (QED) is 0.747. The maximum absolute atomic E-state index is 9.14. The topological polar surface area (TPSA) is 72.3 Å². The van der Waals surface area contributed by atoms with Crippen LogP contribution in [0.1, 0.15) is 22.3 Å². The maximum Gasteiger partial charge on any atom is 0.104 e. The molecule has 0 aliphatic rings. The van der Waals surface area contributed by atoms with Crippen molar-refractivity contribution in [2.24, 2.45) is 10.2 Å². The molecule has 2 aromatic rings. The molecule has 0 spiro atoms. The molecule has 0 aliphatic carbocycles. The third kappa shape index (κ3) is 2.55. The van der Waals surface area contributed by atoms with E-state index in [9.17, 15) is 0 Å². The molecule has 0 aliphatic heterocycles. The molecule has 0 saturated carbocycles. The van der Waals surface area contributed by atoms with Crippen molar-refractivity contribution < 1.29 is 0 Å². The van der Waals surface area contributed by atoms with Crippen LogP contribution in [0, 0.1) is 36.5 Å². The Balaban J connectivity index is 2.47. The van der Waals surface area contributed by atoms with E-state index in [2.05, 4.69) is 22.4 Å². The number of nitrogens with zero attached hydrogens (tertiary/aromatic N) is 4. The Bertz CT molecular complexity index is 696. The lowest BCUT2D eigenvalue weighted by Gasteiger charge is -2.02. The minimum Gasteiger partial charge on any atom is -0.192 e. The summed E-state index contributed by atoms with van der Waals surface area (Å²) in [5.41, 5.74) is 3.74. The zero-order chi connectivity index (χ0) is 14.5. The molecule has 0 saturated heterocycles. The standard InChI is InChI=1S/C16H12N4/c1-11-5-3-7-15(13(11)9-17)19-20-16-8-4-6-12(2)14(16)10-18/h3-8H,1-2H3. The average Bonchev–Trinajstić information content (AvgIpc) is 2.45. The van der Waals surface area contributed by atoms with Gasteiger partial charge in [0.05, 0.1) is 11.1 Å². The Hall–Kier alpha value is -2.98. The van der Waals surface area contributed by atoms with Gasteiger partial charge in [-0.1, -0.05) is 24.3 Å². The van der Waals surface area contributed by atoms with Crippen LogP contribution in [-0.2, 0) is 0 Å². The Labute approximate surface area is 117 Å². The van der Waals surface area contributed by atoms with Crippen molar-refractivity contribution >= 4 is 11.4 Å². The summed E-state index contributed by atoms with van der Waals surface area (Å²) in [7, 11) is 0. The van der Waals surface area contributed by atoms with Gasteiger partial charge in [-0.15, -0.1) is 10.2 Å². The van der Waals surface area contributed by atoms with Gasteiger partial charge in [0.25, 0.3) is 0 Å². The summed E-state index contributed by atoms with van der Waals surface area (Å²) < 4.78 is 0. The Morgan fingerprint density at radius 3 is 1.50 bits per heavy atom. The van der Waals surface area contributed by atoms with Gasteiger partial charge >= 0.3 is 0 Å². The summed E-state index contributed by atoms with van der Waals surface area (Å²) in [6.07, 6.45) is 0. The molecule has 0 fully saturated rings. The third-order valence-corrected chi connectivity index (χ3v) is 2.99. The number of rotatable bonds is 2. The van der Waals surface area contributed by atoms with Crippen LogP contribution in [0.5, 0.6) is 0 Å². The number of aryl methyl sites for hydroxylation is 2. The van der Waals surface area contributed by atoms with E-state index >= 15 is 0 Å². The van der Waals surface area contributed by atoms with Crippen molar-refractivity contribution in [1.29, 1.82) is 10.5 Å². The first-order valence-corrected chi connectivity index (χ1v) is 6.08. The highest BCUT2D eigenvalue weighted by atomic mass is 15.1. The number of hydrogen-bond donors (Lipinski definition) is 0. The second kappa shape index (κ2) is 5.77. The first kappa shape index (κ1) is 13.5. The second-order valence-electron chi connectivity index (χ2n) is 4.36. The van der Waals surface area contributed by atoms with Gasteiger partial charge in [0.2, 0.25) is 0 Å². The van der Waals surface area contributed by atoms with Gasteiger partial charge in [-0.2, -0.15) is 10.5 Å². The summed E-state index contributed by atoms with van der Waals surface area (Å²) in [6, 6.07) is 15.1. The van der Waals surface area contributed by atoms with Crippen LogP contribution in [0.4, 0.5) is 11.4 Å². The summed E-state index contributed by atoms with van der Waals surface area (Å²) in [4.78, 5) is 0. The van der Waals surface area contributed by atoms with Crippen LogP contribution < -0.4 is 0 Å². The van der Waals surface area contributed by atoms with Gasteiger partial charge in [0, 0.05) is 0 Å². The van der Waals surface area contributed by atoms with E-state index in [0.717, 1.165) is 11.1 Å². The molecule has 4 heteroatoms. The fraction of sp³-hybridized carbons (Fsp3) is 0.125.